The second-order valence-electron chi connectivity index (χ2n) is 5.04. The van der Waals surface area contributed by atoms with Crippen molar-refractivity contribution in [3.63, 3.8) is 0 Å². The van der Waals surface area contributed by atoms with Crippen molar-refractivity contribution in [3.8, 4) is 5.75 Å². The highest BCUT2D eigenvalue weighted by atomic mass is 32.1. The lowest BCUT2D eigenvalue weighted by Gasteiger charge is -2.04. The summed E-state index contributed by atoms with van der Waals surface area (Å²) in [5.41, 5.74) is 9.50. The Balaban J connectivity index is 0.000000701. The zero-order valence-electron chi connectivity index (χ0n) is 14.0. The van der Waals surface area contributed by atoms with Crippen molar-refractivity contribution in [2.75, 3.05) is 17.7 Å². The van der Waals surface area contributed by atoms with Gasteiger partial charge in [0.1, 0.15) is 12.0 Å². The molecule has 1 aromatic carbocycles. The Bertz CT molecular complexity index is 800. The first-order valence-electron chi connectivity index (χ1n) is 7.61. The number of nitrogens with zero attached hydrogens (tertiary/aromatic N) is 2. The van der Waals surface area contributed by atoms with Gasteiger partial charge in [-0.05, 0) is 43.0 Å². The Kier molecular flexibility index (Phi) is 7.03. The summed E-state index contributed by atoms with van der Waals surface area (Å²) in [5, 5.41) is 5.34. The number of aryl methyl sites for hydroxylation is 1. The van der Waals surface area contributed by atoms with Gasteiger partial charge in [0.05, 0.1) is 29.2 Å². The third-order valence-electron chi connectivity index (χ3n) is 3.29. The summed E-state index contributed by atoms with van der Waals surface area (Å²) in [7, 11) is 0. The highest BCUT2D eigenvalue weighted by Gasteiger charge is 2.12. The van der Waals surface area contributed by atoms with Gasteiger partial charge in [0.2, 0.25) is 0 Å². The van der Waals surface area contributed by atoms with Crippen LogP contribution >= 0.6 is 24.0 Å². The lowest BCUT2D eigenvalue weighted by Crippen LogP contribution is -1.95. The van der Waals surface area contributed by atoms with Gasteiger partial charge in [-0.1, -0.05) is 11.3 Å². The summed E-state index contributed by atoms with van der Waals surface area (Å²) >= 11 is 5.62. The third-order valence-corrected chi connectivity index (χ3v) is 4.55. The molecule has 1 aromatic heterocycles. The van der Waals surface area contributed by atoms with Crippen molar-refractivity contribution in [2.24, 2.45) is 4.99 Å². The van der Waals surface area contributed by atoms with Crippen molar-refractivity contribution in [1.82, 2.24) is 4.98 Å². The molecule has 6 nitrogen and oxygen atoms in total. The summed E-state index contributed by atoms with van der Waals surface area (Å²) in [6.45, 7) is 4.11. The number of hydrogen-bond acceptors (Lipinski definition) is 7. The van der Waals surface area contributed by atoms with E-state index in [2.05, 4.69) is 34.0 Å². The molecular formula is C17H20N4O2S2. The Labute approximate surface area is 156 Å². The monoisotopic (exact) mass is 376 g/mol. The van der Waals surface area contributed by atoms with E-state index < -0.39 is 0 Å². The molecule has 0 radical (unpaired) electrons. The van der Waals surface area contributed by atoms with Gasteiger partial charge in [0, 0.05) is 12.1 Å². The van der Waals surface area contributed by atoms with Gasteiger partial charge in [0.25, 0.3) is 0 Å². The molecule has 25 heavy (non-hydrogen) atoms. The van der Waals surface area contributed by atoms with E-state index in [1.807, 2.05) is 19.1 Å². The zero-order chi connectivity index (χ0) is 18.2. The van der Waals surface area contributed by atoms with Crippen LogP contribution in [0.2, 0.25) is 0 Å². The van der Waals surface area contributed by atoms with Gasteiger partial charge in [-0.3, -0.25) is 0 Å². The number of aromatic nitrogens is 1. The fourth-order valence-corrected chi connectivity index (χ4v) is 3.34. The van der Waals surface area contributed by atoms with Crippen LogP contribution in [0.15, 0.2) is 28.6 Å². The molecule has 1 aliphatic heterocycles. The van der Waals surface area contributed by atoms with Crippen LogP contribution in [-0.2, 0) is 11.2 Å². The average Bonchev–Trinajstić information content (AvgIpc) is 3.18. The number of ether oxygens (including phenoxy) is 1. The van der Waals surface area contributed by atoms with Gasteiger partial charge < -0.3 is 20.6 Å². The van der Waals surface area contributed by atoms with Crippen molar-refractivity contribution >= 4 is 53.1 Å². The molecule has 0 saturated heterocycles. The zero-order valence-corrected chi connectivity index (χ0v) is 15.7. The van der Waals surface area contributed by atoms with E-state index in [1.165, 1.54) is 23.8 Å². The molecule has 0 amide bonds. The Hall–Kier alpha value is -2.32. The Morgan fingerprint density at radius 2 is 2.28 bits per heavy atom. The molecule has 0 atom stereocenters. The average molecular weight is 377 g/mol. The largest absolute Gasteiger partial charge is 0.493 e. The van der Waals surface area contributed by atoms with Gasteiger partial charge in [-0.25, -0.2) is 9.98 Å². The number of aldehydes is 1. The molecule has 0 aliphatic carbocycles. The first-order chi connectivity index (χ1) is 12.1. The van der Waals surface area contributed by atoms with Crippen LogP contribution < -0.4 is 15.8 Å². The van der Waals surface area contributed by atoms with E-state index in [1.54, 1.807) is 11.7 Å². The molecule has 0 fully saturated rings. The van der Waals surface area contributed by atoms with Crippen LogP contribution in [0.4, 0.5) is 10.8 Å². The minimum atomic E-state index is 0.530. The van der Waals surface area contributed by atoms with Gasteiger partial charge in [-0.15, -0.1) is 12.6 Å². The SMILES string of the molecule is CC=O.Cc1nc(N)sc1/C(=C/S)N=CNc1ccc2c(c1)CCO2. The molecule has 2 heterocycles. The van der Waals surface area contributed by atoms with E-state index in [-0.39, 0.29) is 0 Å². The number of benzene rings is 1. The first-order valence-corrected chi connectivity index (χ1v) is 8.94. The predicted octanol–water partition coefficient (Wildman–Crippen LogP) is 3.54. The van der Waals surface area contributed by atoms with Crippen molar-refractivity contribution in [3.05, 3.63) is 39.7 Å². The normalized spacial score (nSPS) is 13.0. The maximum atomic E-state index is 8.81. The minimum absolute atomic E-state index is 0.530. The van der Waals surface area contributed by atoms with Crippen LogP contribution in [0.5, 0.6) is 5.75 Å². The number of thiol groups is 1. The molecular weight excluding hydrogens is 356 g/mol. The molecule has 0 spiro atoms. The molecule has 0 saturated carbocycles. The second-order valence-corrected chi connectivity index (χ2v) is 6.33. The van der Waals surface area contributed by atoms with Gasteiger partial charge in [-0.2, -0.15) is 0 Å². The molecule has 8 heteroatoms. The quantitative estimate of drug-likeness (QED) is 0.329. The number of hydrogen-bond donors (Lipinski definition) is 3. The van der Waals surface area contributed by atoms with Crippen LogP contribution in [-0.4, -0.2) is 24.2 Å². The number of thiazole rings is 1. The number of nitrogens with two attached hydrogens (primary N) is 1. The second kappa shape index (κ2) is 9.24. The van der Waals surface area contributed by atoms with Crippen molar-refractivity contribution < 1.29 is 9.53 Å². The topological polar surface area (TPSA) is 89.6 Å². The molecule has 0 unspecified atom stereocenters. The lowest BCUT2D eigenvalue weighted by atomic mass is 10.1. The molecule has 3 rings (SSSR count). The van der Waals surface area contributed by atoms with Crippen LogP contribution in [0, 0.1) is 6.92 Å². The highest BCUT2D eigenvalue weighted by Crippen LogP contribution is 2.29. The minimum Gasteiger partial charge on any atom is -0.493 e. The highest BCUT2D eigenvalue weighted by molar-refractivity contribution is 7.83. The summed E-state index contributed by atoms with van der Waals surface area (Å²) in [5.74, 6) is 0.967. The molecule has 1 aliphatic rings. The van der Waals surface area contributed by atoms with Crippen LogP contribution in [0.1, 0.15) is 23.1 Å². The third kappa shape index (κ3) is 5.07. The predicted molar refractivity (Wildman–Crippen MR) is 108 cm³/mol. The maximum Gasteiger partial charge on any atom is 0.180 e. The molecule has 3 N–H and O–H groups in total. The standard InChI is InChI=1S/C15H16N4OS2.C2H4O/c1-9-14(22-15(16)19-9)12(7-21)18-8-17-11-2-3-13-10(6-11)4-5-20-13;1-2-3/h2-3,6-8,21H,4-5H2,1H3,(H2,16,19)(H,17,18);2H,1H3/b12-7-;. The summed E-state index contributed by atoms with van der Waals surface area (Å²) in [6, 6.07) is 6.02. The number of rotatable bonds is 4. The van der Waals surface area contributed by atoms with E-state index in [0.717, 1.165) is 47.0 Å². The number of nitrogen functional groups attached to an aromatic ring is 1. The number of anilines is 2. The van der Waals surface area contributed by atoms with Gasteiger partial charge in [0.15, 0.2) is 5.13 Å². The summed E-state index contributed by atoms with van der Waals surface area (Å²) in [6.07, 6.45) is 3.35. The number of nitrogens with one attached hydrogen (secondary N) is 1. The van der Waals surface area contributed by atoms with E-state index in [0.29, 0.717) is 5.13 Å². The maximum absolute atomic E-state index is 8.81. The molecule has 132 valence electrons. The number of fused-ring (bicyclic) bond motifs is 1. The number of carbonyl (C=O) groups excluding carboxylic acids is 1. The summed E-state index contributed by atoms with van der Waals surface area (Å²) in [4.78, 5) is 18.3. The van der Waals surface area contributed by atoms with Crippen LogP contribution in [0.25, 0.3) is 5.70 Å². The smallest absolute Gasteiger partial charge is 0.180 e. The number of aliphatic imine (C=N–C) groups is 1. The first kappa shape index (κ1) is 19.0. The summed E-state index contributed by atoms with van der Waals surface area (Å²) < 4.78 is 5.49. The Morgan fingerprint density at radius 3 is 2.92 bits per heavy atom. The van der Waals surface area contributed by atoms with Crippen molar-refractivity contribution in [2.45, 2.75) is 20.3 Å². The van der Waals surface area contributed by atoms with E-state index >= 15 is 0 Å². The van der Waals surface area contributed by atoms with E-state index in [9.17, 15) is 0 Å². The van der Waals surface area contributed by atoms with Gasteiger partial charge >= 0.3 is 0 Å². The molecule has 2 aromatic rings. The molecule has 0 bridgehead atoms. The number of carbonyl (C=O) groups is 1. The van der Waals surface area contributed by atoms with E-state index in [4.69, 9.17) is 15.3 Å². The Morgan fingerprint density at radius 1 is 1.52 bits per heavy atom. The van der Waals surface area contributed by atoms with Crippen molar-refractivity contribution in [1.29, 1.82) is 0 Å². The fraction of sp³-hybridized carbons (Fsp3) is 0.235. The van der Waals surface area contributed by atoms with Crippen LogP contribution in [0.3, 0.4) is 0 Å². The lowest BCUT2D eigenvalue weighted by molar-refractivity contribution is -0.106. The fourth-order valence-electron chi connectivity index (χ4n) is 2.26.